The van der Waals surface area contributed by atoms with Gasteiger partial charge in [0.15, 0.2) is 0 Å². The summed E-state index contributed by atoms with van der Waals surface area (Å²) in [5.41, 5.74) is 4.00. The monoisotopic (exact) mass is 367 g/mol. The first kappa shape index (κ1) is 19.2. The van der Waals surface area contributed by atoms with E-state index in [0.717, 1.165) is 31.4 Å². The number of hydrogen-bond acceptors (Lipinski definition) is 2. The van der Waals surface area contributed by atoms with E-state index in [-0.39, 0.29) is 17.7 Å². The third kappa shape index (κ3) is 4.79. The second-order valence-corrected chi connectivity index (χ2v) is 7.38. The molecule has 0 saturated heterocycles. The maximum absolute atomic E-state index is 12.3. The average Bonchev–Trinajstić information content (AvgIpc) is 3.04. The van der Waals surface area contributed by atoms with Gasteiger partial charge in [0.1, 0.15) is 0 Å². The van der Waals surface area contributed by atoms with Gasteiger partial charge < -0.3 is 15.2 Å². The highest BCUT2D eigenvalue weighted by molar-refractivity contribution is 5.94. The molecule has 1 saturated carbocycles. The predicted octanol–water partition coefficient (Wildman–Crippen LogP) is 3.52. The SMILES string of the molecule is Cc1ccc(C)n1-c1ccc(C(=O)NCCNC(=O)C2CCCCC2)cc1. The molecular weight excluding hydrogens is 338 g/mol. The molecule has 5 nitrogen and oxygen atoms in total. The molecule has 0 bridgehead atoms. The molecule has 1 aromatic heterocycles. The minimum Gasteiger partial charge on any atom is -0.354 e. The largest absolute Gasteiger partial charge is 0.354 e. The average molecular weight is 367 g/mol. The number of benzene rings is 1. The van der Waals surface area contributed by atoms with Gasteiger partial charge in [-0.25, -0.2) is 0 Å². The number of amides is 2. The second-order valence-electron chi connectivity index (χ2n) is 7.38. The number of nitrogens with one attached hydrogen (secondary N) is 2. The normalized spacial score (nSPS) is 14.7. The molecule has 144 valence electrons. The molecule has 1 aromatic carbocycles. The van der Waals surface area contributed by atoms with E-state index in [0.29, 0.717) is 18.7 Å². The molecule has 3 rings (SSSR count). The molecule has 2 amide bonds. The number of aryl methyl sites for hydroxylation is 2. The predicted molar refractivity (Wildman–Crippen MR) is 107 cm³/mol. The van der Waals surface area contributed by atoms with Crippen LogP contribution in [0.15, 0.2) is 36.4 Å². The van der Waals surface area contributed by atoms with E-state index < -0.39 is 0 Å². The second kappa shape index (κ2) is 8.89. The van der Waals surface area contributed by atoms with Gasteiger partial charge in [0.25, 0.3) is 5.91 Å². The highest BCUT2D eigenvalue weighted by atomic mass is 16.2. The van der Waals surface area contributed by atoms with Crippen molar-refractivity contribution >= 4 is 11.8 Å². The molecule has 0 atom stereocenters. The minimum absolute atomic E-state index is 0.116. The van der Waals surface area contributed by atoms with Crippen molar-refractivity contribution < 1.29 is 9.59 Å². The van der Waals surface area contributed by atoms with Gasteiger partial charge in [-0.15, -0.1) is 0 Å². The topological polar surface area (TPSA) is 63.1 Å². The van der Waals surface area contributed by atoms with E-state index in [9.17, 15) is 9.59 Å². The van der Waals surface area contributed by atoms with Crippen LogP contribution in [0.1, 0.15) is 53.8 Å². The van der Waals surface area contributed by atoms with Crippen LogP contribution in [-0.4, -0.2) is 29.5 Å². The zero-order valence-corrected chi connectivity index (χ0v) is 16.3. The van der Waals surface area contributed by atoms with Crippen molar-refractivity contribution in [2.75, 3.05) is 13.1 Å². The number of carbonyl (C=O) groups excluding carboxylic acids is 2. The fourth-order valence-corrected chi connectivity index (χ4v) is 3.81. The first-order chi connectivity index (χ1) is 13.1. The van der Waals surface area contributed by atoms with E-state index in [2.05, 4.69) is 41.2 Å². The van der Waals surface area contributed by atoms with Gasteiger partial charge in [0, 0.05) is 41.6 Å². The van der Waals surface area contributed by atoms with Gasteiger partial charge in [0.05, 0.1) is 0 Å². The van der Waals surface area contributed by atoms with Gasteiger partial charge >= 0.3 is 0 Å². The number of hydrogen-bond donors (Lipinski definition) is 2. The number of rotatable bonds is 6. The fourth-order valence-electron chi connectivity index (χ4n) is 3.81. The third-order valence-corrected chi connectivity index (χ3v) is 5.34. The highest BCUT2D eigenvalue weighted by Gasteiger charge is 2.20. The summed E-state index contributed by atoms with van der Waals surface area (Å²) in [7, 11) is 0. The summed E-state index contributed by atoms with van der Waals surface area (Å²) in [5, 5.41) is 5.82. The Morgan fingerprint density at radius 2 is 1.48 bits per heavy atom. The van der Waals surface area contributed by atoms with Crippen LogP contribution in [0.4, 0.5) is 0 Å². The first-order valence-electron chi connectivity index (χ1n) is 9.87. The zero-order chi connectivity index (χ0) is 19.2. The van der Waals surface area contributed by atoms with Crippen molar-refractivity contribution in [1.82, 2.24) is 15.2 Å². The quantitative estimate of drug-likeness (QED) is 0.768. The molecule has 2 N–H and O–H groups in total. The van der Waals surface area contributed by atoms with Crippen LogP contribution < -0.4 is 10.6 Å². The van der Waals surface area contributed by atoms with E-state index in [1.807, 2.05) is 24.3 Å². The third-order valence-electron chi connectivity index (χ3n) is 5.34. The Labute approximate surface area is 161 Å². The van der Waals surface area contributed by atoms with Crippen LogP contribution in [0, 0.1) is 19.8 Å². The van der Waals surface area contributed by atoms with Crippen LogP contribution in [0.2, 0.25) is 0 Å². The lowest BCUT2D eigenvalue weighted by Gasteiger charge is -2.20. The van der Waals surface area contributed by atoms with Gasteiger partial charge in [-0.1, -0.05) is 19.3 Å². The van der Waals surface area contributed by atoms with Gasteiger partial charge in [-0.2, -0.15) is 0 Å². The van der Waals surface area contributed by atoms with Crippen molar-refractivity contribution in [3.05, 3.63) is 53.3 Å². The Morgan fingerprint density at radius 1 is 0.889 bits per heavy atom. The van der Waals surface area contributed by atoms with Crippen molar-refractivity contribution in [2.45, 2.75) is 46.0 Å². The standard InChI is InChI=1S/C22H29N3O2/c1-16-8-9-17(2)25(16)20-12-10-19(11-13-20)22(27)24-15-14-23-21(26)18-6-4-3-5-7-18/h8-13,18H,3-7,14-15H2,1-2H3,(H,23,26)(H,24,27). The molecule has 1 aliphatic rings. The van der Waals surface area contributed by atoms with Crippen molar-refractivity contribution in [3.63, 3.8) is 0 Å². The maximum atomic E-state index is 12.3. The lowest BCUT2D eigenvalue weighted by molar-refractivity contribution is -0.125. The highest BCUT2D eigenvalue weighted by Crippen LogP contribution is 2.23. The van der Waals surface area contributed by atoms with E-state index in [1.165, 1.54) is 17.8 Å². The van der Waals surface area contributed by atoms with Crippen molar-refractivity contribution in [3.8, 4) is 5.69 Å². The molecule has 1 aliphatic carbocycles. The molecule has 1 heterocycles. The number of nitrogens with zero attached hydrogens (tertiary/aromatic N) is 1. The zero-order valence-electron chi connectivity index (χ0n) is 16.3. The Kier molecular flexibility index (Phi) is 6.32. The van der Waals surface area contributed by atoms with Crippen LogP contribution in [0.25, 0.3) is 5.69 Å². The van der Waals surface area contributed by atoms with E-state index >= 15 is 0 Å². The van der Waals surface area contributed by atoms with Gasteiger partial charge in [0.2, 0.25) is 5.91 Å². The Morgan fingerprint density at radius 3 is 2.11 bits per heavy atom. The Balaban J connectivity index is 1.46. The smallest absolute Gasteiger partial charge is 0.251 e. The van der Waals surface area contributed by atoms with Crippen LogP contribution in [0.3, 0.4) is 0 Å². The molecule has 27 heavy (non-hydrogen) atoms. The van der Waals surface area contributed by atoms with Gasteiger partial charge in [-0.05, 0) is 63.1 Å². The lowest BCUT2D eigenvalue weighted by Crippen LogP contribution is -2.38. The Hall–Kier alpha value is -2.56. The summed E-state index contributed by atoms with van der Waals surface area (Å²) < 4.78 is 2.16. The van der Waals surface area contributed by atoms with Crippen LogP contribution in [0.5, 0.6) is 0 Å². The molecular formula is C22H29N3O2. The minimum atomic E-state index is -0.116. The molecule has 0 aliphatic heterocycles. The fraction of sp³-hybridized carbons (Fsp3) is 0.455. The first-order valence-corrected chi connectivity index (χ1v) is 9.87. The van der Waals surface area contributed by atoms with Crippen LogP contribution >= 0.6 is 0 Å². The summed E-state index contributed by atoms with van der Waals surface area (Å²) in [6, 6.07) is 11.8. The summed E-state index contributed by atoms with van der Waals surface area (Å²) in [4.78, 5) is 24.4. The summed E-state index contributed by atoms with van der Waals surface area (Å²) in [6.07, 6.45) is 5.51. The van der Waals surface area contributed by atoms with Gasteiger partial charge in [-0.3, -0.25) is 9.59 Å². The summed E-state index contributed by atoms with van der Waals surface area (Å²) >= 11 is 0. The summed E-state index contributed by atoms with van der Waals surface area (Å²) in [5.74, 6) is 0.169. The Bertz CT molecular complexity index is 767. The maximum Gasteiger partial charge on any atom is 0.251 e. The molecule has 0 radical (unpaired) electrons. The molecule has 0 unspecified atom stereocenters. The number of aromatic nitrogens is 1. The van der Waals surface area contributed by atoms with Crippen LogP contribution in [-0.2, 0) is 4.79 Å². The van der Waals surface area contributed by atoms with E-state index in [4.69, 9.17) is 0 Å². The number of carbonyl (C=O) groups is 2. The molecule has 1 fully saturated rings. The van der Waals surface area contributed by atoms with Crippen molar-refractivity contribution in [1.29, 1.82) is 0 Å². The molecule has 0 spiro atoms. The lowest BCUT2D eigenvalue weighted by atomic mass is 9.89. The van der Waals surface area contributed by atoms with Crippen molar-refractivity contribution in [2.24, 2.45) is 5.92 Å². The molecule has 2 aromatic rings. The summed E-state index contributed by atoms with van der Waals surface area (Å²) in [6.45, 7) is 5.04. The van der Waals surface area contributed by atoms with E-state index in [1.54, 1.807) is 0 Å². The molecule has 5 heteroatoms.